The van der Waals surface area contributed by atoms with E-state index in [1.54, 1.807) is 11.8 Å². The normalized spacial score (nSPS) is 13.6. The van der Waals surface area contributed by atoms with E-state index in [4.69, 9.17) is 0 Å². The molecule has 0 unspecified atom stereocenters. The SMILES string of the molecule is CSc1ncc2c(n1)-c1c(cnn1C(C)C)CC2. The van der Waals surface area contributed by atoms with Gasteiger partial charge in [0.15, 0.2) is 5.16 Å². The molecule has 5 heteroatoms. The fourth-order valence-electron chi connectivity index (χ4n) is 2.38. The van der Waals surface area contributed by atoms with Crippen molar-refractivity contribution in [2.24, 2.45) is 0 Å². The maximum absolute atomic E-state index is 4.68. The van der Waals surface area contributed by atoms with Gasteiger partial charge < -0.3 is 0 Å². The van der Waals surface area contributed by atoms with Crippen molar-refractivity contribution in [3.8, 4) is 11.4 Å². The summed E-state index contributed by atoms with van der Waals surface area (Å²) in [5.41, 5.74) is 4.80. The van der Waals surface area contributed by atoms with E-state index in [1.165, 1.54) is 16.8 Å². The number of hydrogen-bond donors (Lipinski definition) is 0. The number of nitrogens with zero attached hydrogens (tertiary/aromatic N) is 4. The van der Waals surface area contributed by atoms with Gasteiger partial charge in [0, 0.05) is 17.8 Å². The first-order valence-electron chi connectivity index (χ1n) is 6.17. The third kappa shape index (κ3) is 1.73. The van der Waals surface area contributed by atoms with Gasteiger partial charge in [0.2, 0.25) is 0 Å². The smallest absolute Gasteiger partial charge is 0.187 e. The topological polar surface area (TPSA) is 43.6 Å². The van der Waals surface area contributed by atoms with Crippen LogP contribution in [0.25, 0.3) is 11.4 Å². The van der Waals surface area contributed by atoms with Gasteiger partial charge in [0.05, 0.1) is 17.6 Å². The lowest BCUT2D eigenvalue weighted by Gasteiger charge is -2.19. The molecule has 0 aromatic carbocycles. The Labute approximate surface area is 111 Å². The zero-order valence-electron chi connectivity index (χ0n) is 10.8. The average Bonchev–Trinajstić information content (AvgIpc) is 2.82. The first-order valence-corrected chi connectivity index (χ1v) is 7.40. The van der Waals surface area contributed by atoms with E-state index in [9.17, 15) is 0 Å². The lowest BCUT2D eigenvalue weighted by molar-refractivity contribution is 0.536. The molecule has 3 rings (SSSR count). The van der Waals surface area contributed by atoms with Crippen molar-refractivity contribution in [2.45, 2.75) is 37.9 Å². The van der Waals surface area contributed by atoms with Crippen molar-refractivity contribution in [2.75, 3.05) is 6.26 Å². The summed E-state index contributed by atoms with van der Waals surface area (Å²) in [6.45, 7) is 4.30. The van der Waals surface area contributed by atoms with Crippen LogP contribution in [0.5, 0.6) is 0 Å². The van der Waals surface area contributed by atoms with Crippen molar-refractivity contribution in [1.82, 2.24) is 19.7 Å². The van der Waals surface area contributed by atoms with Crippen LogP contribution < -0.4 is 0 Å². The lowest BCUT2D eigenvalue weighted by atomic mass is 9.95. The lowest BCUT2D eigenvalue weighted by Crippen LogP contribution is -2.12. The second-order valence-electron chi connectivity index (χ2n) is 4.79. The van der Waals surface area contributed by atoms with Gasteiger partial charge in [0.1, 0.15) is 0 Å². The van der Waals surface area contributed by atoms with E-state index in [1.807, 2.05) is 18.6 Å². The second-order valence-corrected chi connectivity index (χ2v) is 5.56. The highest BCUT2D eigenvalue weighted by molar-refractivity contribution is 7.98. The summed E-state index contributed by atoms with van der Waals surface area (Å²) in [6.07, 6.45) is 8.01. The summed E-state index contributed by atoms with van der Waals surface area (Å²) in [7, 11) is 0. The van der Waals surface area contributed by atoms with Crippen LogP contribution in [-0.2, 0) is 12.8 Å². The number of thioether (sulfide) groups is 1. The van der Waals surface area contributed by atoms with E-state index in [0.29, 0.717) is 6.04 Å². The molecule has 0 bridgehead atoms. The van der Waals surface area contributed by atoms with Crippen LogP contribution in [0.1, 0.15) is 31.0 Å². The van der Waals surface area contributed by atoms with Crippen LogP contribution in [-0.4, -0.2) is 26.0 Å². The van der Waals surface area contributed by atoms with Gasteiger partial charge in [-0.1, -0.05) is 11.8 Å². The zero-order valence-corrected chi connectivity index (χ0v) is 11.7. The van der Waals surface area contributed by atoms with Crippen molar-refractivity contribution in [3.05, 3.63) is 23.5 Å². The van der Waals surface area contributed by atoms with Gasteiger partial charge in [-0.3, -0.25) is 4.68 Å². The molecule has 0 amide bonds. The molecule has 2 aromatic rings. The molecule has 2 heterocycles. The Morgan fingerprint density at radius 1 is 1.22 bits per heavy atom. The Morgan fingerprint density at radius 2 is 2.00 bits per heavy atom. The minimum absolute atomic E-state index is 0.354. The average molecular weight is 260 g/mol. The van der Waals surface area contributed by atoms with E-state index in [0.717, 1.165) is 23.7 Å². The fourth-order valence-corrected chi connectivity index (χ4v) is 2.72. The maximum Gasteiger partial charge on any atom is 0.187 e. The zero-order chi connectivity index (χ0) is 12.7. The molecule has 0 aliphatic heterocycles. The fraction of sp³-hybridized carbons (Fsp3) is 0.462. The number of rotatable bonds is 2. The molecule has 1 aliphatic rings. The molecular formula is C13H16N4S. The van der Waals surface area contributed by atoms with Crippen molar-refractivity contribution < 1.29 is 0 Å². The Hall–Kier alpha value is -1.36. The number of aromatic nitrogens is 4. The van der Waals surface area contributed by atoms with Gasteiger partial charge >= 0.3 is 0 Å². The van der Waals surface area contributed by atoms with E-state index < -0.39 is 0 Å². The molecule has 2 aromatic heterocycles. The molecule has 0 N–H and O–H groups in total. The highest BCUT2D eigenvalue weighted by atomic mass is 32.2. The van der Waals surface area contributed by atoms with Gasteiger partial charge in [-0.2, -0.15) is 5.10 Å². The summed E-state index contributed by atoms with van der Waals surface area (Å²) < 4.78 is 2.07. The Kier molecular flexibility index (Phi) is 2.86. The standard InChI is InChI=1S/C13H16N4S/c1-8(2)17-12-10(7-15-17)5-4-9-6-14-13(18-3)16-11(9)12/h6-8H,4-5H2,1-3H3. The number of hydrogen-bond acceptors (Lipinski definition) is 4. The van der Waals surface area contributed by atoms with E-state index in [2.05, 4.69) is 33.6 Å². The third-order valence-electron chi connectivity index (χ3n) is 3.27. The molecule has 0 spiro atoms. The van der Waals surface area contributed by atoms with Crippen molar-refractivity contribution >= 4 is 11.8 Å². The van der Waals surface area contributed by atoms with Crippen LogP contribution in [0.3, 0.4) is 0 Å². The first kappa shape index (κ1) is 11.7. The predicted octanol–water partition coefficient (Wildman–Crippen LogP) is 2.74. The summed E-state index contributed by atoms with van der Waals surface area (Å²) >= 11 is 1.58. The molecule has 0 radical (unpaired) electrons. The van der Waals surface area contributed by atoms with Crippen molar-refractivity contribution in [3.63, 3.8) is 0 Å². The van der Waals surface area contributed by atoms with Gasteiger partial charge in [-0.05, 0) is 38.5 Å². The highest BCUT2D eigenvalue weighted by Crippen LogP contribution is 2.33. The first-order chi connectivity index (χ1) is 8.70. The molecule has 4 nitrogen and oxygen atoms in total. The van der Waals surface area contributed by atoms with Crippen LogP contribution in [0.2, 0.25) is 0 Å². The molecule has 18 heavy (non-hydrogen) atoms. The summed E-state index contributed by atoms with van der Waals surface area (Å²) in [5, 5.41) is 5.33. The maximum atomic E-state index is 4.68. The molecule has 0 atom stereocenters. The van der Waals surface area contributed by atoms with Gasteiger partial charge in [-0.25, -0.2) is 9.97 Å². The molecule has 0 fully saturated rings. The van der Waals surface area contributed by atoms with Gasteiger partial charge in [-0.15, -0.1) is 0 Å². The summed E-state index contributed by atoms with van der Waals surface area (Å²) in [6, 6.07) is 0.354. The molecule has 1 aliphatic carbocycles. The summed E-state index contributed by atoms with van der Waals surface area (Å²) in [5.74, 6) is 0. The van der Waals surface area contributed by atoms with Crippen LogP contribution in [0.15, 0.2) is 17.6 Å². The molecule has 0 saturated carbocycles. The third-order valence-corrected chi connectivity index (χ3v) is 3.84. The number of aryl methyl sites for hydroxylation is 2. The number of fused-ring (bicyclic) bond motifs is 3. The monoisotopic (exact) mass is 260 g/mol. The minimum Gasteiger partial charge on any atom is -0.261 e. The quantitative estimate of drug-likeness (QED) is 0.615. The van der Waals surface area contributed by atoms with Crippen LogP contribution in [0.4, 0.5) is 0 Å². The minimum atomic E-state index is 0.354. The van der Waals surface area contributed by atoms with E-state index in [-0.39, 0.29) is 0 Å². The summed E-state index contributed by atoms with van der Waals surface area (Å²) in [4.78, 5) is 9.04. The van der Waals surface area contributed by atoms with Crippen LogP contribution in [0, 0.1) is 0 Å². The van der Waals surface area contributed by atoms with E-state index >= 15 is 0 Å². The molecule has 94 valence electrons. The molecular weight excluding hydrogens is 244 g/mol. The largest absolute Gasteiger partial charge is 0.261 e. The van der Waals surface area contributed by atoms with Gasteiger partial charge in [0.25, 0.3) is 0 Å². The Bertz CT molecular complexity index is 589. The Balaban J connectivity index is 2.22. The highest BCUT2D eigenvalue weighted by Gasteiger charge is 2.24. The molecule has 0 saturated heterocycles. The van der Waals surface area contributed by atoms with Crippen LogP contribution >= 0.6 is 11.8 Å². The Morgan fingerprint density at radius 3 is 2.72 bits per heavy atom. The second kappa shape index (κ2) is 4.39. The predicted molar refractivity (Wildman–Crippen MR) is 72.8 cm³/mol. The van der Waals surface area contributed by atoms with Crippen molar-refractivity contribution in [1.29, 1.82) is 0 Å².